The fourth-order valence-electron chi connectivity index (χ4n) is 2.54. The molecule has 1 fully saturated rings. The van der Waals surface area contributed by atoms with E-state index in [1.54, 1.807) is 0 Å². The van der Waals surface area contributed by atoms with Gasteiger partial charge in [0.1, 0.15) is 0 Å². The number of fused-ring (bicyclic) bond motifs is 1. The Bertz CT molecular complexity index is 496. The second kappa shape index (κ2) is 3.95. The van der Waals surface area contributed by atoms with Crippen molar-refractivity contribution in [3.8, 4) is 0 Å². The Labute approximate surface area is 95.5 Å². The first kappa shape index (κ1) is 9.91. The summed E-state index contributed by atoms with van der Waals surface area (Å²) in [6.45, 7) is 1.27. The highest BCUT2D eigenvalue weighted by molar-refractivity contribution is 5.83. The molecular weight excluding hydrogens is 198 g/mol. The van der Waals surface area contributed by atoms with Gasteiger partial charge in [0.2, 0.25) is 0 Å². The van der Waals surface area contributed by atoms with Crippen molar-refractivity contribution in [3.05, 3.63) is 36.0 Å². The number of aliphatic hydroxyl groups excluding tert-OH is 1. The van der Waals surface area contributed by atoms with Crippen LogP contribution in [0.1, 0.15) is 24.8 Å². The van der Waals surface area contributed by atoms with E-state index in [9.17, 15) is 5.11 Å². The summed E-state index contributed by atoms with van der Waals surface area (Å²) in [7, 11) is 0. The maximum Gasteiger partial charge on any atom is 0.0688 e. The van der Waals surface area contributed by atoms with E-state index in [0.29, 0.717) is 0 Å². The van der Waals surface area contributed by atoms with Gasteiger partial charge in [0, 0.05) is 23.6 Å². The summed E-state index contributed by atoms with van der Waals surface area (Å²) >= 11 is 0. The van der Waals surface area contributed by atoms with Crippen molar-refractivity contribution < 1.29 is 5.11 Å². The van der Waals surface area contributed by atoms with Gasteiger partial charge in [-0.2, -0.15) is 0 Å². The first-order valence-electron chi connectivity index (χ1n) is 6.06. The van der Waals surface area contributed by atoms with Gasteiger partial charge in [-0.3, -0.25) is 0 Å². The topological polar surface area (TPSA) is 25.2 Å². The Morgan fingerprint density at radius 1 is 1.25 bits per heavy atom. The van der Waals surface area contributed by atoms with Gasteiger partial charge >= 0.3 is 0 Å². The van der Waals surface area contributed by atoms with Gasteiger partial charge < -0.3 is 9.67 Å². The number of hydrogen-bond acceptors (Lipinski definition) is 1. The van der Waals surface area contributed by atoms with Gasteiger partial charge in [-0.25, -0.2) is 0 Å². The van der Waals surface area contributed by atoms with Gasteiger partial charge in [0.05, 0.1) is 6.61 Å². The van der Waals surface area contributed by atoms with Crippen molar-refractivity contribution in [2.45, 2.75) is 32.4 Å². The van der Waals surface area contributed by atoms with E-state index in [1.807, 2.05) is 12.1 Å². The lowest BCUT2D eigenvalue weighted by Crippen LogP contribution is -2.17. The molecule has 0 unspecified atom stereocenters. The zero-order valence-corrected chi connectivity index (χ0v) is 9.39. The van der Waals surface area contributed by atoms with Crippen LogP contribution in [0.15, 0.2) is 30.5 Å². The van der Waals surface area contributed by atoms with Crippen molar-refractivity contribution in [3.63, 3.8) is 0 Å². The molecule has 0 saturated heterocycles. The maximum absolute atomic E-state index is 9.27. The Kier molecular flexibility index (Phi) is 2.44. The molecule has 0 spiro atoms. The number of hydrogen-bond donors (Lipinski definition) is 1. The van der Waals surface area contributed by atoms with Crippen LogP contribution < -0.4 is 0 Å². The summed E-state index contributed by atoms with van der Waals surface area (Å²) in [6.07, 6.45) is 6.30. The Morgan fingerprint density at radius 2 is 2.12 bits per heavy atom. The van der Waals surface area contributed by atoms with Crippen molar-refractivity contribution in [1.29, 1.82) is 0 Å². The molecule has 3 rings (SSSR count). The summed E-state index contributed by atoms with van der Waals surface area (Å²) in [5, 5.41) is 10.5. The van der Waals surface area contributed by atoms with Gasteiger partial charge in [-0.05, 0) is 36.5 Å². The maximum atomic E-state index is 9.27. The predicted molar refractivity (Wildman–Crippen MR) is 65.2 cm³/mol. The first-order chi connectivity index (χ1) is 7.88. The molecule has 0 bridgehead atoms. The lowest BCUT2D eigenvalue weighted by molar-refractivity contribution is 0.279. The van der Waals surface area contributed by atoms with Gasteiger partial charge in [0.25, 0.3) is 0 Å². The van der Waals surface area contributed by atoms with Crippen molar-refractivity contribution in [2.75, 3.05) is 0 Å². The van der Waals surface area contributed by atoms with E-state index in [-0.39, 0.29) is 6.61 Å². The van der Waals surface area contributed by atoms with Crippen LogP contribution in [0.2, 0.25) is 0 Å². The average Bonchev–Trinajstić information content (AvgIpc) is 2.66. The molecule has 0 amide bonds. The van der Waals surface area contributed by atoms with Crippen molar-refractivity contribution >= 4 is 10.9 Å². The van der Waals surface area contributed by atoms with E-state index in [2.05, 4.69) is 22.9 Å². The van der Waals surface area contributed by atoms with E-state index in [1.165, 1.54) is 30.2 Å². The highest BCUT2D eigenvalue weighted by Gasteiger charge is 2.18. The standard InChI is InChI=1S/C14H17NO/c16-10-12-5-2-6-14-13(12)7-8-15(14)9-11-3-1-4-11/h2,5-8,11,16H,1,3-4,9-10H2. The number of nitrogens with zero attached hydrogens (tertiary/aromatic N) is 1. The summed E-state index contributed by atoms with van der Waals surface area (Å²) in [5.74, 6) is 0.869. The molecule has 2 nitrogen and oxygen atoms in total. The smallest absolute Gasteiger partial charge is 0.0688 e. The Hall–Kier alpha value is -1.28. The summed E-state index contributed by atoms with van der Waals surface area (Å²) in [5.41, 5.74) is 2.29. The van der Waals surface area contributed by atoms with Crippen LogP contribution in [0.25, 0.3) is 10.9 Å². The monoisotopic (exact) mass is 215 g/mol. The molecule has 1 aliphatic rings. The van der Waals surface area contributed by atoms with Crippen LogP contribution >= 0.6 is 0 Å². The van der Waals surface area contributed by atoms with Crippen molar-refractivity contribution in [2.24, 2.45) is 5.92 Å². The normalized spacial score (nSPS) is 16.6. The van der Waals surface area contributed by atoms with Crippen LogP contribution in [-0.4, -0.2) is 9.67 Å². The number of aliphatic hydroxyl groups is 1. The fraction of sp³-hybridized carbons (Fsp3) is 0.429. The third-order valence-electron chi connectivity index (χ3n) is 3.75. The summed E-state index contributed by atoms with van der Waals surface area (Å²) in [6, 6.07) is 8.30. The summed E-state index contributed by atoms with van der Waals surface area (Å²) < 4.78 is 2.33. The van der Waals surface area contributed by atoms with E-state index < -0.39 is 0 Å². The van der Waals surface area contributed by atoms with E-state index in [0.717, 1.165) is 18.0 Å². The lowest BCUT2D eigenvalue weighted by Gasteiger charge is -2.26. The number of aromatic nitrogens is 1. The Balaban J connectivity index is 1.99. The van der Waals surface area contributed by atoms with Crippen molar-refractivity contribution in [1.82, 2.24) is 4.57 Å². The molecule has 0 radical (unpaired) electrons. The molecule has 1 heterocycles. The molecule has 1 N–H and O–H groups in total. The molecule has 0 atom stereocenters. The Morgan fingerprint density at radius 3 is 2.81 bits per heavy atom. The quantitative estimate of drug-likeness (QED) is 0.836. The molecule has 2 heteroatoms. The van der Waals surface area contributed by atoms with Crippen LogP contribution in [0.4, 0.5) is 0 Å². The van der Waals surface area contributed by atoms with Gasteiger partial charge in [0.15, 0.2) is 0 Å². The second-order valence-electron chi connectivity index (χ2n) is 4.77. The lowest BCUT2D eigenvalue weighted by atomic mass is 9.85. The number of benzene rings is 1. The number of rotatable bonds is 3. The molecule has 1 aromatic carbocycles. The van der Waals surface area contributed by atoms with Crippen LogP contribution in [-0.2, 0) is 13.2 Å². The fourth-order valence-corrected chi connectivity index (χ4v) is 2.54. The molecule has 1 aromatic heterocycles. The zero-order chi connectivity index (χ0) is 11.0. The largest absolute Gasteiger partial charge is 0.392 e. The first-order valence-corrected chi connectivity index (χ1v) is 6.06. The average molecular weight is 215 g/mol. The highest BCUT2D eigenvalue weighted by Crippen LogP contribution is 2.30. The predicted octanol–water partition coefficient (Wildman–Crippen LogP) is 2.93. The molecular formula is C14H17NO. The highest BCUT2D eigenvalue weighted by atomic mass is 16.3. The minimum atomic E-state index is 0.130. The SMILES string of the molecule is OCc1cccc2c1ccn2CC1CCC1. The van der Waals surface area contributed by atoms with Crippen LogP contribution in [0.3, 0.4) is 0 Å². The minimum absolute atomic E-state index is 0.130. The van der Waals surface area contributed by atoms with Gasteiger partial charge in [-0.1, -0.05) is 18.6 Å². The van der Waals surface area contributed by atoms with Crippen LogP contribution in [0.5, 0.6) is 0 Å². The molecule has 1 aliphatic carbocycles. The zero-order valence-electron chi connectivity index (χ0n) is 9.39. The third-order valence-corrected chi connectivity index (χ3v) is 3.75. The third kappa shape index (κ3) is 1.54. The van der Waals surface area contributed by atoms with E-state index in [4.69, 9.17) is 0 Å². The molecule has 2 aromatic rings. The summed E-state index contributed by atoms with van der Waals surface area (Å²) in [4.78, 5) is 0. The minimum Gasteiger partial charge on any atom is -0.392 e. The molecule has 16 heavy (non-hydrogen) atoms. The van der Waals surface area contributed by atoms with Crippen LogP contribution in [0, 0.1) is 5.92 Å². The van der Waals surface area contributed by atoms with E-state index >= 15 is 0 Å². The van der Waals surface area contributed by atoms with Gasteiger partial charge in [-0.15, -0.1) is 0 Å². The molecule has 1 saturated carbocycles. The second-order valence-corrected chi connectivity index (χ2v) is 4.77. The molecule has 0 aliphatic heterocycles. The molecule has 84 valence electrons.